The van der Waals surface area contributed by atoms with Crippen LogP contribution in [-0.2, 0) is 14.8 Å². The Morgan fingerprint density at radius 2 is 1.90 bits per heavy atom. The zero-order valence-corrected chi connectivity index (χ0v) is 13.8. The van der Waals surface area contributed by atoms with E-state index < -0.39 is 10.0 Å². The van der Waals surface area contributed by atoms with Crippen LogP contribution in [-0.4, -0.2) is 33.9 Å². The fourth-order valence-corrected chi connectivity index (χ4v) is 3.30. The number of methoxy groups -OCH3 is 1. The maximum absolute atomic E-state index is 11.3. The highest BCUT2D eigenvalue weighted by atomic mass is 35.5. The third-order valence-corrected chi connectivity index (χ3v) is 4.57. The molecule has 0 spiro atoms. The van der Waals surface area contributed by atoms with Gasteiger partial charge in [-0.2, -0.15) is 0 Å². The summed E-state index contributed by atoms with van der Waals surface area (Å²) in [4.78, 5) is 0. The third kappa shape index (κ3) is 5.05. The normalized spacial score (nSPS) is 22.8. The van der Waals surface area contributed by atoms with Crippen molar-refractivity contribution in [3.63, 3.8) is 0 Å². The minimum atomic E-state index is -3.29. The van der Waals surface area contributed by atoms with E-state index >= 15 is 0 Å². The van der Waals surface area contributed by atoms with Crippen LogP contribution in [0.3, 0.4) is 0 Å². The van der Waals surface area contributed by atoms with Crippen LogP contribution in [0.4, 0.5) is 11.4 Å². The van der Waals surface area contributed by atoms with Crippen LogP contribution in [0.1, 0.15) is 25.7 Å². The summed E-state index contributed by atoms with van der Waals surface area (Å²) in [5, 5.41) is 3.98. The number of ether oxygens (including phenoxy) is 1. The zero-order valence-electron chi connectivity index (χ0n) is 12.2. The average Bonchev–Trinajstić information content (AvgIpc) is 2.42. The number of hydrogen-bond donors (Lipinski definition) is 2. The molecule has 1 aromatic carbocycles. The number of anilines is 2. The fraction of sp³-hybridized carbons (Fsp3) is 0.571. The maximum Gasteiger partial charge on any atom is 0.229 e. The molecule has 0 heterocycles. The van der Waals surface area contributed by atoms with Gasteiger partial charge < -0.3 is 10.1 Å². The molecular weight excluding hydrogens is 312 g/mol. The summed E-state index contributed by atoms with van der Waals surface area (Å²) in [7, 11) is -1.54. The van der Waals surface area contributed by atoms with Gasteiger partial charge in [-0.25, -0.2) is 8.42 Å². The van der Waals surface area contributed by atoms with Crippen LogP contribution < -0.4 is 10.0 Å². The van der Waals surface area contributed by atoms with E-state index in [0.717, 1.165) is 37.6 Å². The first-order chi connectivity index (χ1) is 9.87. The molecule has 1 fully saturated rings. The first-order valence-corrected chi connectivity index (χ1v) is 9.21. The fourth-order valence-electron chi connectivity index (χ4n) is 2.58. The SMILES string of the molecule is COC1CCC(Nc2cc(NS(C)(=O)=O)ccc2Cl)CC1. The van der Waals surface area contributed by atoms with Gasteiger partial charge in [0.05, 0.1) is 28.8 Å². The van der Waals surface area contributed by atoms with E-state index in [9.17, 15) is 8.42 Å². The van der Waals surface area contributed by atoms with E-state index in [1.54, 1.807) is 25.3 Å². The second kappa shape index (κ2) is 6.85. The molecule has 7 heteroatoms. The average molecular weight is 333 g/mol. The number of rotatable bonds is 5. The highest BCUT2D eigenvalue weighted by Gasteiger charge is 2.21. The van der Waals surface area contributed by atoms with Gasteiger partial charge in [0.2, 0.25) is 10.0 Å². The molecule has 0 saturated heterocycles. The van der Waals surface area contributed by atoms with Crippen molar-refractivity contribution in [2.24, 2.45) is 0 Å². The van der Waals surface area contributed by atoms with Gasteiger partial charge in [0.25, 0.3) is 0 Å². The molecule has 0 aliphatic heterocycles. The van der Waals surface area contributed by atoms with Gasteiger partial charge in [0.15, 0.2) is 0 Å². The van der Waals surface area contributed by atoms with Crippen LogP contribution >= 0.6 is 11.6 Å². The molecule has 2 rings (SSSR count). The molecule has 1 saturated carbocycles. The predicted octanol–water partition coefficient (Wildman–Crippen LogP) is 3.08. The quantitative estimate of drug-likeness (QED) is 0.869. The largest absolute Gasteiger partial charge is 0.381 e. The van der Waals surface area contributed by atoms with Gasteiger partial charge in [-0.1, -0.05) is 11.6 Å². The van der Waals surface area contributed by atoms with Crippen LogP contribution in [0, 0.1) is 0 Å². The summed E-state index contributed by atoms with van der Waals surface area (Å²) >= 11 is 6.18. The number of sulfonamides is 1. The molecular formula is C14H21ClN2O3S. The van der Waals surface area contributed by atoms with Gasteiger partial charge >= 0.3 is 0 Å². The Morgan fingerprint density at radius 1 is 1.24 bits per heavy atom. The monoisotopic (exact) mass is 332 g/mol. The molecule has 0 radical (unpaired) electrons. The lowest BCUT2D eigenvalue weighted by molar-refractivity contribution is 0.0682. The van der Waals surface area contributed by atoms with Crippen molar-refractivity contribution >= 4 is 33.0 Å². The van der Waals surface area contributed by atoms with Gasteiger partial charge in [-0.15, -0.1) is 0 Å². The Balaban J connectivity index is 2.04. The Bertz CT molecular complexity index is 584. The highest BCUT2D eigenvalue weighted by molar-refractivity contribution is 7.92. The van der Waals surface area contributed by atoms with Crippen molar-refractivity contribution < 1.29 is 13.2 Å². The molecule has 5 nitrogen and oxygen atoms in total. The van der Waals surface area contributed by atoms with Crippen molar-refractivity contribution in [3.05, 3.63) is 23.2 Å². The van der Waals surface area contributed by atoms with E-state index in [4.69, 9.17) is 16.3 Å². The molecule has 1 aromatic rings. The standard InChI is InChI=1S/C14H21ClN2O3S/c1-20-12-6-3-10(4-7-12)16-14-9-11(5-8-13(14)15)17-21(2,18)19/h5,8-10,12,16-17H,3-4,6-7H2,1-2H3. The minimum absolute atomic E-state index is 0.336. The molecule has 1 aliphatic rings. The smallest absolute Gasteiger partial charge is 0.229 e. The number of hydrogen-bond acceptors (Lipinski definition) is 4. The number of halogens is 1. The van der Waals surface area contributed by atoms with Crippen molar-refractivity contribution in [1.29, 1.82) is 0 Å². The van der Waals surface area contributed by atoms with Gasteiger partial charge in [0, 0.05) is 13.2 Å². The topological polar surface area (TPSA) is 67.4 Å². The molecule has 0 amide bonds. The molecule has 0 unspecified atom stereocenters. The first-order valence-electron chi connectivity index (χ1n) is 6.94. The molecule has 0 bridgehead atoms. The van der Waals surface area contributed by atoms with Crippen LogP contribution in [0.5, 0.6) is 0 Å². The van der Waals surface area contributed by atoms with E-state index in [-0.39, 0.29) is 0 Å². The third-order valence-electron chi connectivity index (χ3n) is 3.64. The second-order valence-electron chi connectivity index (χ2n) is 5.42. The molecule has 1 aliphatic carbocycles. The maximum atomic E-state index is 11.3. The van der Waals surface area contributed by atoms with E-state index in [2.05, 4.69) is 10.0 Å². The Morgan fingerprint density at radius 3 is 2.48 bits per heavy atom. The van der Waals surface area contributed by atoms with Crippen molar-refractivity contribution in [2.45, 2.75) is 37.8 Å². The summed E-state index contributed by atoms with van der Waals surface area (Å²) < 4.78 is 30.4. The minimum Gasteiger partial charge on any atom is -0.381 e. The second-order valence-corrected chi connectivity index (χ2v) is 7.58. The van der Waals surface area contributed by atoms with E-state index in [1.807, 2.05) is 0 Å². The lowest BCUT2D eigenvalue weighted by atomic mass is 9.93. The van der Waals surface area contributed by atoms with Gasteiger partial charge in [-0.05, 0) is 43.9 Å². The summed E-state index contributed by atoms with van der Waals surface area (Å²) in [6.07, 6.45) is 5.54. The lowest BCUT2D eigenvalue weighted by Crippen LogP contribution is -2.29. The predicted molar refractivity (Wildman–Crippen MR) is 86.6 cm³/mol. The highest BCUT2D eigenvalue weighted by Crippen LogP contribution is 2.30. The summed E-state index contributed by atoms with van der Waals surface area (Å²) in [6, 6.07) is 5.41. The Labute approximate surface area is 131 Å². The molecule has 118 valence electrons. The summed E-state index contributed by atoms with van der Waals surface area (Å²) in [5.74, 6) is 0. The van der Waals surface area contributed by atoms with Crippen molar-refractivity contribution in [3.8, 4) is 0 Å². The molecule has 0 atom stereocenters. The Hall–Kier alpha value is -0.980. The van der Waals surface area contributed by atoms with Crippen molar-refractivity contribution in [1.82, 2.24) is 0 Å². The Kier molecular flexibility index (Phi) is 5.35. The zero-order chi connectivity index (χ0) is 15.5. The molecule has 0 aromatic heterocycles. The van der Waals surface area contributed by atoms with Gasteiger partial charge in [0.1, 0.15) is 0 Å². The van der Waals surface area contributed by atoms with E-state index in [0.29, 0.717) is 22.9 Å². The van der Waals surface area contributed by atoms with Crippen molar-refractivity contribution in [2.75, 3.05) is 23.4 Å². The lowest BCUT2D eigenvalue weighted by Gasteiger charge is -2.29. The summed E-state index contributed by atoms with van der Waals surface area (Å²) in [5.41, 5.74) is 1.26. The molecule has 2 N–H and O–H groups in total. The number of benzene rings is 1. The van der Waals surface area contributed by atoms with E-state index in [1.165, 1.54) is 0 Å². The summed E-state index contributed by atoms with van der Waals surface area (Å²) in [6.45, 7) is 0. The molecule has 21 heavy (non-hydrogen) atoms. The van der Waals surface area contributed by atoms with Crippen LogP contribution in [0.15, 0.2) is 18.2 Å². The van der Waals surface area contributed by atoms with Gasteiger partial charge in [-0.3, -0.25) is 4.72 Å². The number of nitrogens with one attached hydrogen (secondary N) is 2. The van der Waals surface area contributed by atoms with Crippen LogP contribution in [0.2, 0.25) is 5.02 Å². The van der Waals surface area contributed by atoms with Crippen LogP contribution in [0.25, 0.3) is 0 Å². The first kappa shape index (κ1) is 16.4.